The van der Waals surface area contributed by atoms with Gasteiger partial charge in [0, 0.05) is 12.6 Å². The van der Waals surface area contributed by atoms with Crippen LogP contribution in [0.1, 0.15) is 76.9 Å². The van der Waals surface area contributed by atoms with Gasteiger partial charge >= 0.3 is 6.18 Å². The molecule has 2 atom stereocenters. The number of rotatable bonds is 9. The Kier molecular flexibility index (Phi) is 6.76. The molecule has 2 aliphatic rings. The lowest BCUT2D eigenvalue weighted by atomic mass is 10.0. The number of aryl methyl sites for hydroxylation is 1. The summed E-state index contributed by atoms with van der Waals surface area (Å²) < 4.78 is 121. The van der Waals surface area contributed by atoms with Crippen molar-refractivity contribution in [3.63, 3.8) is 0 Å². The van der Waals surface area contributed by atoms with Crippen LogP contribution in [-0.2, 0) is 19.0 Å². The largest absolute Gasteiger partial charge is 0.411 e. The Morgan fingerprint density at radius 1 is 1.21 bits per heavy atom. The number of benzene rings is 1. The highest BCUT2D eigenvalue weighted by Crippen LogP contribution is 2.49. The van der Waals surface area contributed by atoms with Gasteiger partial charge in [-0.2, -0.15) is 13.2 Å². The molecule has 0 radical (unpaired) electrons. The summed E-state index contributed by atoms with van der Waals surface area (Å²) in [5.41, 5.74) is -4.21. The molecule has 2 N–H and O–H groups in total. The number of nitrogens with zero attached hydrogens (tertiary/aromatic N) is 2. The van der Waals surface area contributed by atoms with Crippen molar-refractivity contribution in [2.75, 3.05) is 25.6 Å². The third-order valence-corrected chi connectivity index (χ3v) is 6.32. The molecule has 208 valence electrons. The first-order valence-corrected chi connectivity index (χ1v) is 11.5. The van der Waals surface area contributed by atoms with E-state index in [9.17, 15) is 31.1 Å². The minimum absolute atomic E-state index is 0.0478. The number of hydrogen-bond donors (Lipinski definition) is 2. The molecule has 1 aromatic heterocycles. The average molecular weight is 552 g/mol. The fourth-order valence-corrected chi connectivity index (χ4v) is 4.16. The van der Waals surface area contributed by atoms with Crippen LogP contribution >= 0.6 is 0 Å². The van der Waals surface area contributed by atoms with E-state index in [1.54, 1.807) is 0 Å². The molecule has 0 bridgehead atoms. The van der Waals surface area contributed by atoms with E-state index in [1.807, 2.05) is 5.32 Å². The molecule has 38 heavy (non-hydrogen) atoms. The van der Waals surface area contributed by atoms with Gasteiger partial charge in [-0.3, -0.25) is 4.79 Å². The highest BCUT2D eigenvalue weighted by molar-refractivity contribution is 5.84. The maximum absolute atomic E-state index is 14.9. The number of carbonyl (C=O) groups excluding carboxylic acids is 1. The number of hydrogen-bond acceptors (Lipinski definition) is 7. The molecule has 2 fully saturated rings. The van der Waals surface area contributed by atoms with E-state index in [0.29, 0.717) is 0 Å². The van der Waals surface area contributed by atoms with E-state index < -0.39 is 79.4 Å². The summed E-state index contributed by atoms with van der Waals surface area (Å²) in [5, 5.41) is 4.68. The Morgan fingerprint density at radius 2 is 1.87 bits per heavy atom. The Bertz CT molecular complexity index is 1290. The molecule has 4 rings (SSSR count). The normalized spacial score (nSPS) is 20.4. The van der Waals surface area contributed by atoms with Crippen molar-refractivity contribution >= 4 is 11.7 Å². The lowest BCUT2D eigenvalue weighted by molar-refractivity contribution is -0.173. The standard InChI is InChI=1S/C24H26F6N4O4/c1-11(13-5-4-6-14(16(13)25)19(26)27)31-20-15(22-37-9-10-38-22)17(32-12(2)33-20)18(36-3)21(35)34-23(7-8-23)24(28,29)30/h4-6,11,18-19,22H,7-10H2,1-3H3,(H,34,35)(H,31,32,33)/t11-,18?/m1/s1/i3D3. The number of anilines is 1. The second kappa shape index (κ2) is 10.7. The molecule has 0 spiro atoms. The van der Waals surface area contributed by atoms with E-state index in [1.165, 1.54) is 26.0 Å². The van der Waals surface area contributed by atoms with Gasteiger partial charge in [0.1, 0.15) is 23.0 Å². The highest BCUT2D eigenvalue weighted by atomic mass is 19.4. The molecule has 1 saturated heterocycles. The van der Waals surface area contributed by atoms with Crippen LogP contribution < -0.4 is 10.6 Å². The second-order valence-electron chi connectivity index (χ2n) is 8.98. The molecule has 1 aromatic carbocycles. The molecule has 1 amide bonds. The van der Waals surface area contributed by atoms with Crippen LogP contribution in [0.25, 0.3) is 0 Å². The fourth-order valence-electron chi connectivity index (χ4n) is 4.16. The summed E-state index contributed by atoms with van der Waals surface area (Å²) in [6.07, 6.45) is -12.3. The molecular weight excluding hydrogens is 522 g/mol. The topological polar surface area (TPSA) is 94.6 Å². The monoisotopic (exact) mass is 551 g/mol. The molecule has 2 aromatic rings. The average Bonchev–Trinajstić information content (AvgIpc) is 3.45. The first-order chi connectivity index (χ1) is 19.0. The quantitative estimate of drug-likeness (QED) is 0.425. The number of methoxy groups -OCH3 is 1. The van der Waals surface area contributed by atoms with Crippen molar-refractivity contribution < 1.29 is 49.5 Å². The smallest absolute Gasteiger partial charge is 0.365 e. The van der Waals surface area contributed by atoms with Crippen molar-refractivity contribution in [2.45, 2.75) is 63.3 Å². The van der Waals surface area contributed by atoms with Crippen molar-refractivity contribution in [1.29, 1.82) is 0 Å². The lowest BCUT2D eigenvalue weighted by Gasteiger charge is -2.27. The summed E-state index contributed by atoms with van der Waals surface area (Å²) in [4.78, 5) is 21.6. The van der Waals surface area contributed by atoms with Gasteiger partial charge < -0.3 is 24.8 Å². The number of ether oxygens (including phenoxy) is 3. The van der Waals surface area contributed by atoms with Gasteiger partial charge in [-0.25, -0.2) is 23.1 Å². The first-order valence-electron chi connectivity index (χ1n) is 13.0. The van der Waals surface area contributed by atoms with E-state index >= 15 is 0 Å². The van der Waals surface area contributed by atoms with Crippen LogP contribution in [0.5, 0.6) is 0 Å². The molecule has 1 saturated carbocycles. The lowest BCUT2D eigenvalue weighted by Crippen LogP contribution is -2.49. The van der Waals surface area contributed by atoms with Gasteiger partial charge in [0.15, 0.2) is 12.4 Å². The number of aromatic nitrogens is 2. The van der Waals surface area contributed by atoms with Gasteiger partial charge in [-0.05, 0) is 26.7 Å². The number of amides is 1. The van der Waals surface area contributed by atoms with Crippen LogP contribution in [-0.4, -0.2) is 47.8 Å². The van der Waals surface area contributed by atoms with Gasteiger partial charge in [0.2, 0.25) is 0 Å². The van der Waals surface area contributed by atoms with Crippen molar-refractivity contribution in [3.05, 3.63) is 52.2 Å². The number of carbonyl (C=O) groups is 1. The zero-order chi connectivity index (χ0) is 30.3. The maximum atomic E-state index is 14.9. The predicted molar refractivity (Wildman–Crippen MR) is 121 cm³/mol. The molecule has 14 heteroatoms. The van der Waals surface area contributed by atoms with Crippen LogP contribution in [0, 0.1) is 12.7 Å². The summed E-state index contributed by atoms with van der Waals surface area (Å²) in [7, 11) is -3.26. The minimum atomic E-state index is -4.81. The molecule has 8 nitrogen and oxygen atoms in total. The summed E-state index contributed by atoms with van der Waals surface area (Å²) in [6, 6.07) is 2.39. The zero-order valence-corrected chi connectivity index (χ0v) is 20.2. The molecule has 1 unspecified atom stereocenters. The number of halogens is 6. The highest BCUT2D eigenvalue weighted by Gasteiger charge is 2.64. The van der Waals surface area contributed by atoms with Gasteiger partial charge in [0.25, 0.3) is 12.3 Å². The van der Waals surface area contributed by atoms with Gasteiger partial charge in [-0.1, -0.05) is 18.2 Å². The van der Waals surface area contributed by atoms with E-state index in [4.69, 9.17) is 18.3 Å². The summed E-state index contributed by atoms with van der Waals surface area (Å²) >= 11 is 0. The van der Waals surface area contributed by atoms with Crippen LogP contribution in [0.15, 0.2) is 18.2 Å². The first kappa shape index (κ1) is 24.1. The fraction of sp³-hybridized carbons (Fsp3) is 0.542. The van der Waals surface area contributed by atoms with E-state index in [-0.39, 0.29) is 36.0 Å². The van der Waals surface area contributed by atoms with Crippen LogP contribution in [0.2, 0.25) is 0 Å². The zero-order valence-electron chi connectivity index (χ0n) is 23.2. The Balaban J connectivity index is 1.80. The summed E-state index contributed by atoms with van der Waals surface area (Å²) in [6.45, 7) is 2.87. The molecular formula is C24H26F6N4O4. The van der Waals surface area contributed by atoms with Crippen molar-refractivity contribution in [1.82, 2.24) is 15.3 Å². The third-order valence-electron chi connectivity index (χ3n) is 6.32. The van der Waals surface area contributed by atoms with E-state index in [0.717, 1.165) is 6.07 Å². The van der Waals surface area contributed by atoms with Crippen LogP contribution in [0.4, 0.5) is 32.2 Å². The summed E-state index contributed by atoms with van der Waals surface area (Å²) in [5.74, 6) is -2.85. The van der Waals surface area contributed by atoms with Gasteiger partial charge in [-0.15, -0.1) is 0 Å². The van der Waals surface area contributed by atoms with Crippen molar-refractivity contribution in [3.8, 4) is 0 Å². The second-order valence-corrected chi connectivity index (χ2v) is 8.98. The molecule has 1 aliphatic heterocycles. The third kappa shape index (κ3) is 5.43. The number of nitrogens with one attached hydrogen (secondary N) is 2. The van der Waals surface area contributed by atoms with E-state index in [2.05, 4.69) is 15.3 Å². The Morgan fingerprint density at radius 3 is 2.45 bits per heavy atom. The maximum Gasteiger partial charge on any atom is 0.411 e. The predicted octanol–water partition coefficient (Wildman–Crippen LogP) is 4.98. The molecule has 2 heterocycles. The van der Waals surface area contributed by atoms with Crippen molar-refractivity contribution in [2.24, 2.45) is 0 Å². The Hall–Kier alpha value is -2.97. The van der Waals surface area contributed by atoms with Gasteiger partial charge in [0.05, 0.1) is 40.2 Å². The molecule has 1 aliphatic carbocycles. The number of alkyl halides is 5. The minimum Gasteiger partial charge on any atom is -0.365 e. The Labute approximate surface area is 218 Å². The SMILES string of the molecule is [2H]C([2H])([2H])OC(C(=O)NC1(C(F)(F)F)CC1)c1nc(C)nc(N[C@H](C)c2cccc(C(F)F)c2F)c1C1OCCO1. The van der Waals surface area contributed by atoms with Crippen LogP contribution in [0.3, 0.4) is 0 Å².